The fourth-order valence-corrected chi connectivity index (χ4v) is 2.40. The molecule has 1 aromatic carbocycles. The molecule has 0 saturated carbocycles. The van der Waals surface area contributed by atoms with Gasteiger partial charge < -0.3 is 9.64 Å². The minimum atomic E-state index is -4.55. The van der Waals surface area contributed by atoms with Crippen LogP contribution in [0.1, 0.15) is 21.6 Å². The molecule has 8 heteroatoms. The van der Waals surface area contributed by atoms with Gasteiger partial charge in [-0.3, -0.25) is 4.79 Å². The smallest absolute Gasteiger partial charge is 0.433 e. The molecule has 1 aromatic heterocycles. The number of halogens is 4. The molecule has 1 fully saturated rings. The van der Waals surface area contributed by atoms with E-state index in [1.165, 1.54) is 35.2 Å². The molecule has 2 aromatic rings. The van der Waals surface area contributed by atoms with Gasteiger partial charge in [0.25, 0.3) is 5.91 Å². The van der Waals surface area contributed by atoms with E-state index >= 15 is 0 Å². The number of alkyl halides is 3. The Morgan fingerprint density at radius 3 is 2.60 bits per heavy atom. The van der Waals surface area contributed by atoms with Gasteiger partial charge in [-0.25, -0.2) is 9.37 Å². The van der Waals surface area contributed by atoms with Crippen molar-refractivity contribution >= 4 is 5.91 Å². The molecule has 25 heavy (non-hydrogen) atoms. The first kappa shape index (κ1) is 17.2. The van der Waals surface area contributed by atoms with Crippen molar-refractivity contribution in [2.75, 3.05) is 13.1 Å². The molecule has 1 amide bonds. The predicted molar refractivity (Wildman–Crippen MR) is 80.7 cm³/mol. The zero-order valence-electron chi connectivity index (χ0n) is 13.2. The van der Waals surface area contributed by atoms with E-state index in [1.807, 2.05) is 0 Å². The van der Waals surface area contributed by atoms with E-state index in [0.29, 0.717) is 5.56 Å². The fourth-order valence-electron chi connectivity index (χ4n) is 2.40. The van der Waals surface area contributed by atoms with Crippen LogP contribution in [0.25, 0.3) is 0 Å². The van der Waals surface area contributed by atoms with Crippen LogP contribution in [0.15, 0.2) is 36.4 Å². The average Bonchev–Trinajstić information content (AvgIpc) is 2.52. The van der Waals surface area contributed by atoms with E-state index in [0.717, 1.165) is 6.07 Å². The molecule has 2 heterocycles. The first-order valence-corrected chi connectivity index (χ1v) is 7.50. The predicted octanol–water partition coefficient (Wildman–Crippen LogP) is 3.45. The zero-order chi connectivity index (χ0) is 18.2. The van der Waals surface area contributed by atoms with E-state index in [9.17, 15) is 22.4 Å². The highest BCUT2D eigenvalue weighted by Gasteiger charge is 2.35. The molecule has 0 radical (unpaired) electrons. The second-order valence-electron chi connectivity index (χ2n) is 5.77. The van der Waals surface area contributed by atoms with Crippen LogP contribution in [-0.2, 0) is 6.18 Å². The lowest BCUT2D eigenvalue weighted by Gasteiger charge is -2.38. The van der Waals surface area contributed by atoms with Crippen LogP contribution >= 0.6 is 0 Å². The van der Waals surface area contributed by atoms with E-state index in [1.54, 1.807) is 6.92 Å². The summed E-state index contributed by atoms with van der Waals surface area (Å²) in [5, 5.41) is 0. The second kappa shape index (κ2) is 6.34. The maximum Gasteiger partial charge on any atom is 0.433 e. The lowest BCUT2D eigenvalue weighted by Crippen LogP contribution is -2.56. The number of hydrogen-bond acceptors (Lipinski definition) is 3. The third-order valence-corrected chi connectivity index (χ3v) is 3.86. The number of carbonyl (C=O) groups excluding carboxylic acids is 1. The number of ether oxygens (including phenoxy) is 1. The Morgan fingerprint density at radius 1 is 1.24 bits per heavy atom. The molecule has 0 aliphatic carbocycles. The average molecular weight is 354 g/mol. The van der Waals surface area contributed by atoms with Crippen molar-refractivity contribution in [2.45, 2.75) is 19.2 Å². The fraction of sp³-hybridized carbons (Fsp3) is 0.294. The summed E-state index contributed by atoms with van der Waals surface area (Å²) in [5.74, 6) is -0.962. The summed E-state index contributed by atoms with van der Waals surface area (Å²) in [6.45, 7) is 2.00. The molecule has 3 rings (SSSR count). The lowest BCUT2D eigenvalue weighted by atomic mass is 10.1. The van der Waals surface area contributed by atoms with Gasteiger partial charge in [0.1, 0.15) is 17.6 Å². The van der Waals surface area contributed by atoms with Gasteiger partial charge in [-0.2, -0.15) is 13.2 Å². The topological polar surface area (TPSA) is 42.4 Å². The minimum absolute atomic E-state index is 0.145. The standard InChI is InChI=1S/C17H14F4N2O2/c1-10-5-6-11(7-13(10)18)16(24)23-8-12(9-23)25-15-4-2-3-14(22-15)17(19,20)21/h2-7,12H,8-9H2,1H3. The van der Waals surface area contributed by atoms with Crippen LogP contribution in [0.4, 0.5) is 17.6 Å². The van der Waals surface area contributed by atoms with Crippen LogP contribution in [-0.4, -0.2) is 35.0 Å². The number of aromatic nitrogens is 1. The van der Waals surface area contributed by atoms with Crippen LogP contribution in [0, 0.1) is 12.7 Å². The normalized spacial score (nSPS) is 15.0. The van der Waals surface area contributed by atoms with E-state index in [-0.39, 0.29) is 30.4 Å². The molecule has 0 bridgehead atoms. The van der Waals surface area contributed by atoms with Crippen LogP contribution in [0.3, 0.4) is 0 Å². The van der Waals surface area contributed by atoms with Crippen LogP contribution in [0.2, 0.25) is 0 Å². The molecule has 4 nitrogen and oxygen atoms in total. The Labute approximate surface area is 141 Å². The number of nitrogens with zero attached hydrogens (tertiary/aromatic N) is 2. The Hall–Kier alpha value is -2.64. The molecule has 0 atom stereocenters. The summed E-state index contributed by atoms with van der Waals surface area (Å²) in [6.07, 6.45) is -4.99. The third kappa shape index (κ3) is 3.72. The highest BCUT2D eigenvalue weighted by molar-refractivity contribution is 5.94. The Balaban J connectivity index is 1.59. The van der Waals surface area contributed by atoms with Crippen LogP contribution < -0.4 is 4.74 Å². The quantitative estimate of drug-likeness (QED) is 0.793. The summed E-state index contributed by atoms with van der Waals surface area (Å²) in [5.41, 5.74) is -0.372. The summed E-state index contributed by atoms with van der Waals surface area (Å²) < 4.78 is 56.7. The van der Waals surface area contributed by atoms with Crippen molar-refractivity contribution in [1.29, 1.82) is 0 Å². The van der Waals surface area contributed by atoms with Gasteiger partial charge >= 0.3 is 6.18 Å². The first-order chi connectivity index (χ1) is 11.7. The minimum Gasteiger partial charge on any atom is -0.471 e. The monoisotopic (exact) mass is 354 g/mol. The molecule has 1 aliphatic rings. The zero-order valence-corrected chi connectivity index (χ0v) is 13.2. The van der Waals surface area contributed by atoms with E-state index in [4.69, 9.17) is 4.74 Å². The van der Waals surface area contributed by atoms with Gasteiger partial charge in [0.05, 0.1) is 13.1 Å². The molecular weight excluding hydrogens is 340 g/mol. The van der Waals surface area contributed by atoms with Crippen molar-refractivity contribution in [3.05, 3.63) is 59.0 Å². The maximum absolute atomic E-state index is 13.5. The van der Waals surface area contributed by atoms with Gasteiger partial charge in [-0.15, -0.1) is 0 Å². The number of pyridine rings is 1. The molecule has 0 spiro atoms. The van der Waals surface area contributed by atoms with Crippen molar-refractivity contribution in [3.63, 3.8) is 0 Å². The van der Waals surface area contributed by atoms with Crippen molar-refractivity contribution < 1.29 is 27.1 Å². The number of amides is 1. The number of likely N-dealkylation sites (tertiary alicyclic amines) is 1. The Bertz CT molecular complexity index is 801. The Morgan fingerprint density at radius 2 is 1.96 bits per heavy atom. The summed E-state index contributed by atoms with van der Waals surface area (Å²) in [7, 11) is 0. The molecule has 1 aliphatic heterocycles. The van der Waals surface area contributed by atoms with Gasteiger partial charge in [-0.1, -0.05) is 12.1 Å². The van der Waals surface area contributed by atoms with Gasteiger partial charge in [0, 0.05) is 11.6 Å². The van der Waals surface area contributed by atoms with Crippen molar-refractivity contribution in [1.82, 2.24) is 9.88 Å². The van der Waals surface area contributed by atoms with Gasteiger partial charge in [0.2, 0.25) is 5.88 Å². The maximum atomic E-state index is 13.5. The lowest BCUT2D eigenvalue weighted by molar-refractivity contribution is -0.141. The second-order valence-corrected chi connectivity index (χ2v) is 5.77. The summed E-state index contributed by atoms with van der Waals surface area (Å²) >= 11 is 0. The van der Waals surface area contributed by atoms with Gasteiger partial charge in [-0.05, 0) is 30.7 Å². The largest absolute Gasteiger partial charge is 0.471 e. The number of benzene rings is 1. The Kier molecular flexibility index (Phi) is 4.36. The van der Waals surface area contributed by atoms with Gasteiger partial charge in [0.15, 0.2) is 0 Å². The summed E-state index contributed by atoms with van der Waals surface area (Å²) in [4.78, 5) is 17.1. The highest BCUT2D eigenvalue weighted by Crippen LogP contribution is 2.29. The number of aryl methyl sites for hydroxylation is 1. The van der Waals surface area contributed by atoms with Crippen molar-refractivity contribution in [3.8, 4) is 5.88 Å². The summed E-state index contributed by atoms with van der Waals surface area (Å²) in [6, 6.07) is 7.61. The number of rotatable bonds is 3. The third-order valence-electron chi connectivity index (χ3n) is 3.86. The highest BCUT2D eigenvalue weighted by atomic mass is 19.4. The van der Waals surface area contributed by atoms with E-state index in [2.05, 4.69) is 4.98 Å². The molecule has 1 saturated heterocycles. The first-order valence-electron chi connectivity index (χ1n) is 7.50. The molecule has 132 valence electrons. The molecular formula is C17H14F4N2O2. The molecule has 0 unspecified atom stereocenters. The van der Waals surface area contributed by atoms with Crippen LogP contribution in [0.5, 0.6) is 5.88 Å². The number of hydrogen-bond donors (Lipinski definition) is 0. The number of carbonyl (C=O) groups is 1. The SMILES string of the molecule is Cc1ccc(C(=O)N2CC(Oc3cccc(C(F)(F)F)n3)C2)cc1F. The van der Waals surface area contributed by atoms with Crippen molar-refractivity contribution in [2.24, 2.45) is 0 Å². The molecule has 0 N–H and O–H groups in total. The van der Waals surface area contributed by atoms with E-state index < -0.39 is 23.8 Å².